The van der Waals surface area contributed by atoms with Gasteiger partial charge in [0.15, 0.2) is 0 Å². The summed E-state index contributed by atoms with van der Waals surface area (Å²) >= 11 is 1.50. The molecule has 0 N–H and O–H groups in total. The molecule has 0 bridgehead atoms. The van der Waals surface area contributed by atoms with E-state index in [9.17, 15) is 0 Å². The van der Waals surface area contributed by atoms with Gasteiger partial charge in [-0.3, -0.25) is 0 Å². The Morgan fingerprint density at radius 3 is 3.18 bits per heavy atom. The van der Waals surface area contributed by atoms with Gasteiger partial charge in [-0.2, -0.15) is 3.77 Å². The van der Waals surface area contributed by atoms with Crippen molar-refractivity contribution in [1.82, 2.24) is 0 Å². The minimum absolute atomic E-state index is 0.396. The van der Waals surface area contributed by atoms with E-state index in [1.807, 2.05) is 0 Å². The highest BCUT2D eigenvalue weighted by atomic mass is 35.7. The maximum absolute atomic E-state index is 5.94. The number of hydrogen-bond acceptors (Lipinski definition) is 2. The predicted molar refractivity (Wildman–Crippen MR) is 50.9 cm³/mol. The molecule has 0 amide bonds. The van der Waals surface area contributed by atoms with Crippen LogP contribution in [0.15, 0.2) is 31.8 Å². The number of fused-ring (bicyclic) bond motifs is 1. The normalized spacial score (nSPS) is 21.1. The number of benzene rings is 1. The lowest BCUT2D eigenvalue weighted by molar-refractivity contribution is 1.22. The first-order valence-electron chi connectivity index (χ1n) is 3.17. The molecule has 1 atom stereocenters. The van der Waals surface area contributed by atoms with E-state index in [1.165, 1.54) is 27.3 Å². The highest BCUT2D eigenvalue weighted by molar-refractivity contribution is 8.18. The van der Waals surface area contributed by atoms with Crippen molar-refractivity contribution in [2.75, 3.05) is 0 Å². The average molecular weight is 204 g/mol. The molecule has 11 heavy (non-hydrogen) atoms. The smallest absolute Gasteiger partial charge is 0.0502 e. The van der Waals surface area contributed by atoms with E-state index in [0.717, 1.165) is 0 Å². The highest BCUT2D eigenvalue weighted by Gasteiger charge is 2.13. The third-order valence-electron chi connectivity index (χ3n) is 1.48. The Kier molecular flexibility index (Phi) is 1.95. The maximum atomic E-state index is 5.94. The van der Waals surface area contributed by atoms with Gasteiger partial charge < -0.3 is 0 Å². The van der Waals surface area contributed by atoms with Gasteiger partial charge in [0.05, 0.1) is 4.90 Å². The van der Waals surface area contributed by atoms with Crippen LogP contribution in [0.2, 0.25) is 0 Å². The monoisotopic (exact) mass is 203 g/mol. The lowest BCUT2D eigenvalue weighted by Gasteiger charge is -1.96. The van der Waals surface area contributed by atoms with Gasteiger partial charge in [0.25, 0.3) is 0 Å². The average Bonchev–Trinajstić information content (AvgIpc) is 2.32. The van der Waals surface area contributed by atoms with Gasteiger partial charge in [-0.1, -0.05) is 6.07 Å². The number of nitrogens with zero attached hydrogens (tertiary/aromatic N) is 1. The second-order valence-corrected chi connectivity index (χ2v) is 5.36. The number of hydrogen-bond donors (Lipinski definition) is 0. The number of aryl methyl sites for hydroxylation is 1. The summed E-state index contributed by atoms with van der Waals surface area (Å²) in [6.07, 6.45) is 0. The van der Waals surface area contributed by atoms with Crippen LogP contribution >= 0.6 is 22.6 Å². The van der Waals surface area contributed by atoms with Crippen molar-refractivity contribution in [3.8, 4) is 0 Å². The van der Waals surface area contributed by atoms with Crippen molar-refractivity contribution in [3.05, 3.63) is 23.8 Å². The van der Waals surface area contributed by atoms with E-state index in [-0.39, 0.29) is 0 Å². The summed E-state index contributed by atoms with van der Waals surface area (Å²) in [7, 11) is 5.54. The molecule has 1 aromatic rings. The summed E-state index contributed by atoms with van der Waals surface area (Å²) in [6.45, 7) is 2.07. The van der Waals surface area contributed by atoms with Crippen LogP contribution in [0.5, 0.6) is 0 Å². The third kappa shape index (κ3) is 1.33. The molecular formula is C7H6ClNS2. The van der Waals surface area contributed by atoms with Gasteiger partial charge in [-0.25, -0.2) is 0 Å². The van der Waals surface area contributed by atoms with Crippen LogP contribution in [-0.2, 0) is 9.90 Å². The van der Waals surface area contributed by atoms with Crippen LogP contribution in [0, 0.1) is 6.92 Å². The van der Waals surface area contributed by atoms with Gasteiger partial charge in [-0.15, -0.1) is 0 Å². The molecular weight excluding hydrogens is 198 g/mol. The highest BCUT2D eigenvalue weighted by Crippen LogP contribution is 2.37. The number of rotatable bonds is 0. The number of halogens is 1. The van der Waals surface area contributed by atoms with Crippen LogP contribution in [0.1, 0.15) is 5.56 Å². The van der Waals surface area contributed by atoms with Gasteiger partial charge in [0.2, 0.25) is 0 Å². The Morgan fingerprint density at radius 1 is 1.55 bits per heavy atom. The minimum Gasteiger partial charge on any atom is -0.170 e. The molecule has 1 aliphatic heterocycles. The summed E-state index contributed by atoms with van der Waals surface area (Å²) in [6, 6.07) is 6.26. The molecule has 1 nitrogen and oxygen atoms in total. The van der Waals surface area contributed by atoms with E-state index in [4.69, 9.17) is 10.7 Å². The summed E-state index contributed by atoms with van der Waals surface area (Å²) < 4.78 is 4.16. The van der Waals surface area contributed by atoms with Crippen LogP contribution < -0.4 is 0 Å². The van der Waals surface area contributed by atoms with Crippen LogP contribution in [0.25, 0.3) is 0 Å². The summed E-state index contributed by atoms with van der Waals surface area (Å²) in [5, 5.41) is 0. The maximum Gasteiger partial charge on any atom is 0.0502 e. The van der Waals surface area contributed by atoms with Crippen molar-refractivity contribution < 1.29 is 0 Å². The molecule has 0 spiro atoms. The molecule has 0 aromatic heterocycles. The van der Waals surface area contributed by atoms with Crippen molar-refractivity contribution in [3.63, 3.8) is 0 Å². The van der Waals surface area contributed by atoms with Crippen LogP contribution in [0.4, 0.5) is 0 Å². The van der Waals surface area contributed by atoms with Gasteiger partial charge >= 0.3 is 0 Å². The zero-order valence-electron chi connectivity index (χ0n) is 5.87. The molecule has 1 aliphatic rings. The first-order chi connectivity index (χ1) is 5.27. The molecule has 4 heteroatoms. The molecule has 0 saturated heterocycles. The van der Waals surface area contributed by atoms with E-state index >= 15 is 0 Å². The Labute approximate surface area is 76.9 Å². The quantitative estimate of drug-likeness (QED) is 0.590. The van der Waals surface area contributed by atoms with Crippen LogP contribution in [-0.4, -0.2) is 0 Å². The Balaban J connectivity index is 2.58. The summed E-state index contributed by atoms with van der Waals surface area (Å²) in [4.78, 5) is 2.38. The molecule has 0 aliphatic carbocycles. The second kappa shape index (κ2) is 2.81. The SMILES string of the molecule is Cc1ccc2c(c1)SN=S2Cl. The summed E-state index contributed by atoms with van der Waals surface area (Å²) in [5.74, 6) is 0. The lowest BCUT2D eigenvalue weighted by Crippen LogP contribution is -1.79. The molecule has 0 fully saturated rings. The first-order valence-corrected chi connectivity index (χ1v) is 5.95. The molecule has 0 saturated carbocycles. The largest absolute Gasteiger partial charge is 0.170 e. The Morgan fingerprint density at radius 2 is 2.36 bits per heavy atom. The van der Waals surface area contributed by atoms with E-state index < -0.39 is 9.90 Å². The molecule has 1 unspecified atom stereocenters. The fourth-order valence-electron chi connectivity index (χ4n) is 0.939. The van der Waals surface area contributed by atoms with Crippen LogP contribution in [0.3, 0.4) is 0 Å². The second-order valence-electron chi connectivity index (χ2n) is 2.35. The van der Waals surface area contributed by atoms with Crippen molar-refractivity contribution in [2.45, 2.75) is 16.7 Å². The topological polar surface area (TPSA) is 12.4 Å². The first kappa shape index (κ1) is 7.65. The molecule has 0 radical (unpaired) electrons. The van der Waals surface area contributed by atoms with Gasteiger partial charge in [-0.05, 0) is 35.3 Å². The standard InChI is InChI=1S/C7H6ClNS2/c1-5-2-3-7-6(4-5)10-9-11(7)8/h2-4H,1H3. The molecule has 2 rings (SSSR count). The van der Waals surface area contributed by atoms with E-state index in [0.29, 0.717) is 0 Å². The Bertz CT molecular complexity index is 335. The van der Waals surface area contributed by atoms with Crippen molar-refractivity contribution in [2.24, 2.45) is 3.77 Å². The zero-order valence-corrected chi connectivity index (χ0v) is 8.26. The van der Waals surface area contributed by atoms with Gasteiger partial charge in [0.1, 0.15) is 0 Å². The fourth-order valence-corrected chi connectivity index (χ4v) is 3.79. The molecule has 1 aromatic carbocycles. The Hall–Kier alpha value is 0.01000. The lowest BCUT2D eigenvalue weighted by atomic mass is 10.2. The summed E-state index contributed by atoms with van der Waals surface area (Å²) in [5.41, 5.74) is 1.27. The van der Waals surface area contributed by atoms with E-state index in [2.05, 4.69) is 28.9 Å². The van der Waals surface area contributed by atoms with Gasteiger partial charge in [0, 0.05) is 26.7 Å². The third-order valence-corrected chi connectivity index (χ3v) is 4.69. The van der Waals surface area contributed by atoms with E-state index in [1.54, 1.807) is 0 Å². The van der Waals surface area contributed by atoms with Crippen molar-refractivity contribution >= 4 is 32.5 Å². The zero-order chi connectivity index (χ0) is 7.84. The van der Waals surface area contributed by atoms with Crippen molar-refractivity contribution in [1.29, 1.82) is 0 Å². The minimum atomic E-state index is -0.396. The molecule has 58 valence electrons. The molecule has 1 heterocycles. The predicted octanol–water partition coefficient (Wildman–Crippen LogP) is 3.33. The fraction of sp³-hybridized carbons (Fsp3) is 0.143.